The maximum Gasteiger partial charge on any atom is 0.243 e. The molecule has 0 atom stereocenters. The van der Waals surface area contributed by atoms with Crippen molar-refractivity contribution in [3.8, 4) is 11.4 Å². The number of aromatic nitrogens is 4. The summed E-state index contributed by atoms with van der Waals surface area (Å²) in [6.45, 7) is 2.42. The van der Waals surface area contributed by atoms with Crippen LogP contribution in [0.4, 0.5) is 4.39 Å². The molecule has 0 unspecified atom stereocenters. The molecule has 0 saturated carbocycles. The first-order chi connectivity index (χ1) is 11.6. The lowest BCUT2D eigenvalue weighted by Gasteiger charge is -2.07. The second kappa shape index (κ2) is 6.99. The minimum Gasteiger partial charge on any atom is -0.350 e. The zero-order valence-electron chi connectivity index (χ0n) is 13.1. The van der Waals surface area contributed by atoms with Crippen molar-refractivity contribution in [2.45, 2.75) is 20.0 Å². The minimum absolute atomic E-state index is 0.0277. The Morgan fingerprint density at radius 2 is 1.92 bits per heavy atom. The zero-order valence-corrected chi connectivity index (χ0v) is 13.1. The van der Waals surface area contributed by atoms with Crippen LogP contribution < -0.4 is 5.32 Å². The second-order valence-corrected chi connectivity index (χ2v) is 5.35. The fraction of sp³-hybridized carbons (Fsp3) is 0.176. The number of hydrogen-bond acceptors (Lipinski definition) is 4. The van der Waals surface area contributed by atoms with Gasteiger partial charge in [0.2, 0.25) is 11.7 Å². The van der Waals surface area contributed by atoms with Gasteiger partial charge in [-0.25, -0.2) is 4.39 Å². The van der Waals surface area contributed by atoms with Gasteiger partial charge >= 0.3 is 0 Å². The SMILES string of the molecule is Cc1ccccc1CNC(=O)Cn1nnc(-c2ccc(F)cc2)n1. The van der Waals surface area contributed by atoms with E-state index < -0.39 is 0 Å². The van der Waals surface area contributed by atoms with Gasteiger partial charge in [-0.05, 0) is 47.5 Å². The average Bonchev–Trinajstić information content (AvgIpc) is 3.03. The van der Waals surface area contributed by atoms with Gasteiger partial charge in [0.1, 0.15) is 12.4 Å². The van der Waals surface area contributed by atoms with Crippen molar-refractivity contribution >= 4 is 5.91 Å². The van der Waals surface area contributed by atoms with Gasteiger partial charge in [-0.1, -0.05) is 24.3 Å². The van der Waals surface area contributed by atoms with Crippen LogP contribution in [0.3, 0.4) is 0 Å². The van der Waals surface area contributed by atoms with Gasteiger partial charge in [0, 0.05) is 12.1 Å². The minimum atomic E-state index is -0.332. The maximum atomic E-state index is 12.9. The molecule has 0 spiro atoms. The fourth-order valence-electron chi connectivity index (χ4n) is 2.21. The summed E-state index contributed by atoms with van der Waals surface area (Å²) in [5, 5.41) is 14.7. The molecule has 0 aliphatic carbocycles. The molecule has 122 valence electrons. The van der Waals surface area contributed by atoms with Crippen molar-refractivity contribution in [2.75, 3.05) is 0 Å². The number of carbonyl (C=O) groups excluding carboxylic acids is 1. The molecule has 0 fully saturated rings. The molecular weight excluding hydrogens is 309 g/mol. The molecule has 0 aliphatic heterocycles. The topological polar surface area (TPSA) is 72.7 Å². The number of amides is 1. The van der Waals surface area contributed by atoms with Gasteiger partial charge in [-0.3, -0.25) is 4.79 Å². The van der Waals surface area contributed by atoms with Crippen molar-refractivity contribution in [1.29, 1.82) is 0 Å². The van der Waals surface area contributed by atoms with Crippen molar-refractivity contribution in [1.82, 2.24) is 25.5 Å². The molecular formula is C17H16FN5O. The van der Waals surface area contributed by atoms with E-state index in [2.05, 4.69) is 20.7 Å². The van der Waals surface area contributed by atoms with Crippen molar-refractivity contribution in [2.24, 2.45) is 0 Å². The van der Waals surface area contributed by atoms with Gasteiger partial charge in [0.25, 0.3) is 0 Å². The summed E-state index contributed by atoms with van der Waals surface area (Å²) >= 11 is 0. The number of benzene rings is 2. The summed E-state index contributed by atoms with van der Waals surface area (Å²) in [6.07, 6.45) is 0. The third kappa shape index (κ3) is 3.81. The Balaban J connectivity index is 1.59. The highest BCUT2D eigenvalue weighted by molar-refractivity contribution is 5.75. The smallest absolute Gasteiger partial charge is 0.243 e. The Kier molecular flexibility index (Phi) is 4.60. The van der Waals surface area contributed by atoms with Crippen molar-refractivity contribution in [3.05, 3.63) is 65.5 Å². The molecule has 1 heterocycles. The molecule has 24 heavy (non-hydrogen) atoms. The second-order valence-electron chi connectivity index (χ2n) is 5.35. The molecule has 2 aromatic carbocycles. The van der Waals surface area contributed by atoms with Gasteiger partial charge in [-0.2, -0.15) is 4.80 Å². The van der Waals surface area contributed by atoms with Crippen LogP contribution in [0, 0.1) is 12.7 Å². The molecule has 0 radical (unpaired) electrons. The summed E-state index contributed by atoms with van der Waals surface area (Å²) in [6, 6.07) is 13.6. The van der Waals surface area contributed by atoms with E-state index in [1.54, 1.807) is 12.1 Å². The first kappa shape index (κ1) is 15.8. The number of aryl methyl sites for hydroxylation is 1. The number of carbonyl (C=O) groups is 1. The molecule has 3 aromatic rings. The Morgan fingerprint density at radius 3 is 2.67 bits per heavy atom. The van der Waals surface area contributed by atoms with Crippen LogP contribution in [0.25, 0.3) is 11.4 Å². The Labute approximate surface area is 138 Å². The largest absolute Gasteiger partial charge is 0.350 e. The molecule has 7 heteroatoms. The Bertz CT molecular complexity index is 844. The molecule has 0 aliphatic rings. The van der Waals surface area contributed by atoms with E-state index in [1.807, 2.05) is 31.2 Å². The first-order valence-corrected chi connectivity index (χ1v) is 7.47. The van der Waals surface area contributed by atoms with Crippen LogP contribution in [0.1, 0.15) is 11.1 Å². The van der Waals surface area contributed by atoms with Crippen LogP contribution in [-0.4, -0.2) is 26.1 Å². The zero-order chi connectivity index (χ0) is 16.9. The van der Waals surface area contributed by atoms with Gasteiger partial charge in [-0.15, -0.1) is 10.2 Å². The van der Waals surface area contributed by atoms with E-state index in [4.69, 9.17) is 0 Å². The fourth-order valence-corrected chi connectivity index (χ4v) is 2.21. The number of hydrogen-bond donors (Lipinski definition) is 1. The highest BCUT2D eigenvalue weighted by Crippen LogP contribution is 2.13. The molecule has 0 bridgehead atoms. The van der Waals surface area contributed by atoms with E-state index in [0.29, 0.717) is 17.9 Å². The molecule has 3 rings (SSSR count). The number of nitrogens with one attached hydrogen (secondary N) is 1. The first-order valence-electron chi connectivity index (χ1n) is 7.47. The number of rotatable bonds is 5. The van der Waals surface area contributed by atoms with Crippen molar-refractivity contribution < 1.29 is 9.18 Å². The normalized spacial score (nSPS) is 10.6. The lowest BCUT2D eigenvalue weighted by Crippen LogP contribution is -2.28. The number of halogens is 1. The summed E-state index contributed by atoms with van der Waals surface area (Å²) in [5.41, 5.74) is 2.82. The van der Waals surface area contributed by atoms with E-state index >= 15 is 0 Å². The molecule has 1 aromatic heterocycles. The summed E-state index contributed by atoms with van der Waals surface area (Å²) in [5.74, 6) is -0.190. The maximum absolute atomic E-state index is 12.9. The van der Waals surface area contributed by atoms with Crippen LogP contribution in [0.15, 0.2) is 48.5 Å². The number of nitrogens with zero attached hydrogens (tertiary/aromatic N) is 4. The Morgan fingerprint density at radius 1 is 1.17 bits per heavy atom. The summed E-state index contributed by atoms with van der Waals surface area (Å²) in [4.78, 5) is 13.2. The third-order valence-electron chi connectivity index (χ3n) is 3.58. The standard InChI is InChI=1S/C17H16FN5O/c1-12-4-2-3-5-14(12)10-19-16(24)11-23-21-17(20-22-23)13-6-8-15(18)9-7-13/h2-9H,10-11H2,1H3,(H,19,24). The predicted octanol–water partition coefficient (Wildman–Crippen LogP) is 2.10. The monoisotopic (exact) mass is 325 g/mol. The Hall–Kier alpha value is -3.09. The highest BCUT2D eigenvalue weighted by Gasteiger charge is 2.09. The molecule has 1 amide bonds. The van der Waals surface area contributed by atoms with Crippen molar-refractivity contribution in [3.63, 3.8) is 0 Å². The highest BCUT2D eigenvalue weighted by atomic mass is 19.1. The van der Waals surface area contributed by atoms with E-state index in [9.17, 15) is 9.18 Å². The molecule has 6 nitrogen and oxygen atoms in total. The lowest BCUT2D eigenvalue weighted by atomic mass is 10.1. The van der Waals surface area contributed by atoms with Crippen LogP contribution in [-0.2, 0) is 17.9 Å². The third-order valence-corrected chi connectivity index (χ3v) is 3.58. The lowest BCUT2D eigenvalue weighted by molar-refractivity contribution is -0.122. The van der Waals surface area contributed by atoms with Crippen LogP contribution in [0.2, 0.25) is 0 Å². The summed E-state index contributed by atoms with van der Waals surface area (Å²) < 4.78 is 12.9. The van der Waals surface area contributed by atoms with Crippen LogP contribution in [0.5, 0.6) is 0 Å². The van der Waals surface area contributed by atoms with E-state index in [0.717, 1.165) is 11.1 Å². The molecule has 0 saturated heterocycles. The van der Waals surface area contributed by atoms with Crippen LogP contribution >= 0.6 is 0 Å². The quantitative estimate of drug-likeness (QED) is 0.780. The van der Waals surface area contributed by atoms with Gasteiger partial charge in [0.15, 0.2) is 0 Å². The predicted molar refractivity (Wildman–Crippen MR) is 86.2 cm³/mol. The van der Waals surface area contributed by atoms with E-state index in [1.165, 1.54) is 16.9 Å². The van der Waals surface area contributed by atoms with E-state index in [-0.39, 0.29) is 18.3 Å². The summed E-state index contributed by atoms with van der Waals surface area (Å²) in [7, 11) is 0. The van der Waals surface area contributed by atoms with Gasteiger partial charge in [0.05, 0.1) is 0 Å². The average molecular weight is 325 g/mol. The number of tetrazole rings is 1. The van der Waals surface area contributed by atoms with Gasteiger partial charge < -0.3 is 5.32 Å². The molecule has 1 N–H and O–H groups in total.